The summed E-state index contributed by atoms with van der Waals surface area (Å²) in [5.41, 5.74) is 0. The molecule has 53 heavy (non-hydrogen) atoms. The standard InChI is InChI=1S/C28H50O23S2/c1-9-16(29)13(18(31)25(40-5)44-9)6-41-26-19(32)14(23(11(3)46-26)48-50-52(36)37)7-42-27-20(33)15(24(12(4)47-27)49-51-53(38)39)8-43-28-22(35)21(34)17(30)10(2)45-28/h9-35H,6-8H2,1-5H3,(H,36,37)(H,38,39)/t9?,10?,11?,12?,13-,14+,15+,16+,17+,18?,19?,20?,21-,22?,23+,24+,25+,26+,27+,28+/m0/s1. The second-order valence-corrected chi connectivity index (χ2v) is 14.3. The lowest BCUT2D eigenvalue weighted by molar-refractivity contribution is -0.372. The van der Waals surface area contributed by atoms with E-state index in [0.29, 0.717) is 0 Å². The molecule has 9 N–H and O–H groups in total. The summed E-state index contributed by atoms with van der Waals surface area (Å²) in [5, 5.41) is 74.7. The Kier molecular flexibility index (Phi) is 17.2. The summed E-state index contributed by atoms with van der Waals surface area (Å²) in [7, 11) is 1.31. The summed E-state index contributed by atoms with van der Waals surface area (Å²) in [6.45, 7) is 4.52. The molecule has 23 nitrogen and oxygen atoms in total. The van der Waals surface area contributed by atoms with Crippen molar-refractivity contribution >= 4 is 22.7 Å². The molecule has 10 unspecified atom stereocenters. The van der Waals surface area contributed by atoms with Crippen LogP contribution < -0.4 is 0 Å². The summed E-state index contributed by atoms with van der Waals surface area (Å²) in [4.78, 5) is 10.2. The number of hydrogen-bond donors (Lipinski definition) is 9. The van der Waals surface area contributed by atoms with Crippen molar-refractivity contribution in [1.82, 2.24) is 0 Å². The zero-order chi connectivity index (χ0) is 39.3. The molecule has 0 aromatic rings. The van der Waals surface area contributed by atoms with E-state index in [1.165, 1.54) is 27.9 Å². The van der Waals surface area contributed by atoms with Crippen molar-refractivity contribution in [3.8, 4) is 0 Å². The van der Waals surface area contributed by atoms with Crippen molar-refractivity contribution in [1.29, 1.82) is 0 Å². The lowest BCUT2D eigenvalue weighted by Gasteiger charge is -2.46. The highest BCUT2D eigenvalue weighted by Gasteiger charge is 2.51. The van der Waals surface area contributed by atoms with Gasteiger partial charge >= 0.3 is 22.7 Å². The summed E-state index contributed by atoms with van der Waals surface area (Å²) >= 11 is -5.80. The van der Waals surface area contributed by atoms with Gasteiger partial charge in [0.05, 0.1) is 50.3 Å². The van der Waals surface area contributed by atoms with Crippen LogP contribution in [0.1, 0.15) is 27.7 Å². The van der Waals surface area contributed by atoms with Gasteiger partial charge in [0.1, 0.15) is 48.8 Å². The molecule has 0 amide bonds. The van der Waals surface area contributed by atoms with Gasteiger partial charge in [0, 0.05) is 24.9 Å². The van der Waals surface area contributed by atoms with Crippen LogP contribution in [0.5, 0.6) is 0 Å². The van der Waals surface area contributed by atoms with Crippen molar-refractivity contribution in [2.45, 2.75) is 132 Å². The normalized spacial score (nSPS) is 48.0. The van der Waals surface area contributed by atoms with Crippen LogP contribution in [-0.2, 0) is 79.1 Å². The topological polar surface area (TPSA) is 327 Å². The predicted octanol–water partition coefficient (Wildman–Crippen LogP) is -4.06. The molecule has 0 aromatic carbocycles. The summed E-state index contributed by atoms with van der Waals surface area (Å²) in [5.74, 6) is -3.35. The Morgan fingerprint density at radius 2 is 0.830 bits per heavy atom. The maximum atomic E-state index is 11.4. The second-order valence-electron chi connectivity index (χ2n) is 13.2. The molecule has 4 saturated heterocycles. The van der Waals surface area contributed by atoms with E-state index in [2.05, 4.69) is 8.67 Å². The van der Waals surface area contributed by atoms with Gasteiger partial charge < -0.3 is 73.6 Å². The second kappa shape index (κ2) is 20.2. The summed E-state index contributed by atoms with van der Waals surface area (Å²) < 4.78 is 94.5. The molecule has 4 aliphatic rings. The van der Waals surface area contributed by atoms with Gasteiger partial charge in [-0.1, -0.05) is 0 Å². The van der Waals surface area contributed by atoms with Crippen molar-refractivity contribution < 1.29 is 110 Å². The van der Waals surface area contributed by atoms with Crippen LogP contribution >= 0.6 is 0 Å². The first kappa shape index (κ1) is 45.2. The van der Waals surface area contributed by atoms with Gasteiger partial charge in [-0.25, -0.2) is 9.78 Å². The summed E-state index contributed by atoms with van der Waals surface area (Å²) in [6.07, 6.45) is -22.5. The number of ether oxygens (including phenoxy) is 8. The van der Waals surface area contributed by atoms with Crippen molar-refractivity contribution in [2.75, 3.05) is 26.9 Å². The van der Waals surface area contributed by atoms with E-state index in [4.69, 9.17) is 52.2 Å². The van der Waals surface area contributed by atoms with Gasteiger partial charge in [-0.15, -0.1) is 8.67 Å². The highest BCUT2D eigenvalue weighted by atomic mass is 32.2. The smallest absolute Gasteiger partial charge is 0.331 e. The zero-order valence-corrected chi connectivity index (χ0v) is 30.9. The molecule has 0 aliphatic carbocycles. The highest BCUT2D eigenvalue weighted by molar-refractivity contribution is 7.74. The fourth-order valence-corrected chi connectivity index (χ4v) is 6.95. The van der Waals surface area contributed by atoms with E-state index in [0.717, 1.165) is 0 Å². The minimum absolute atomic E-state index is 0.347. The molecular formula is C28H50O23S2. The van der Waals surface area contributed by atoms with Crippen molar-refractivity contribution in [2.24, 2.45) is 17.8 Å². The Labute approximate surface area is 309 Å². The third-order valence-electron chi connectivity index (χ3n) is 9.70. The predicted molar refractivity (Wildman–Crippen MR) is 168 cm³/mol. The first-order valence-corrected chi connectivity index (χ1v) is 18.7. The van der Waals surface area contributed by atoms with Crippen LogP contribution in [0.3, 0.4) is 0 Å². The SMILES string of the molecule is CO[C@@H]1OC(C)[C@@H](O)[C@H](CO[C@@H]2OC(C)[C@@H](OOS(=O)O)[C@H](CO[C@@H]3OC(C)[C@@H](OOS(=O)O)[C@H](CO[C@@H]4OC(C)[C@@H](O)[C@H](O)C4O)C3O)C2O)C1O. The molecule has 0 aromatic heterocycles. The Morgan fingerprint density at radius 3 is 1.26 bits per heavy atom. The number of rotatable bonds is 16. The zero-order valence-electron chi connectivity index (χ0n) is 29.2. The highest BCUT2D eigenvalue weighted by Crippen LogP contribution is 2.35. The molecule has 0 bridgehead atoms. The molecule has 4 fully saturated rings. The molecule has 25 heteroatoms. The average molecular weight is 819 g/mol. The van der Waals surface area contributed by atoms with Crippen LogP contribution in [-0.4, -0.2) is 185 Å². The van der Waals surface area contributed by atoms with Crippen LogP contribution in [0.15, 0.2) is 0 Å². The van der Waals surface area contributed by atoms with Gasteiger partial charge in [-0.05, 0) is 27.7 Å². The lowest BCUT2D eigenvalue weighted by atomic mass is 9.88. The van der Waals surface area contributed by atoms with Gasteiger partial charge in [-0.2, -0.15) is 8.42 Å². The lowest BCUT2D eigenvalue weighted by Crippen LogP contribution is -2.60. The van der Waals surface area contributed by atoms with E-state index in [9.17, 15) is 48.7 Å². The van der Waals surface area contributed by atoms with E-state index in [-0.39, 0.29) is 6.61 Å². The Morgan fingerprint density at radius 1 is 0.472 bits per heavy atom. The quantitative estimate of drug-likeness (QED) is 0.0406. The van der Waals surface area contributed by atoms with Gasteiger partial charge in [0.25, 0.3) is 0 Å². The minimum atomic E-state index is -2.90. The van der Waals surface area contributed by atoms with Gasteiger partial charge in [0.15, 0.2) is 25.2 Å². The maximum Gasteiger partial charge on any atom is 0.331 e. The Bertz CT molecular complexity index is 1180. The third-order valence-corrected chi connectivity index (χ3v) is 10.1. The van der Waals surface area contributed by atoms with Crippen LogP contribution in [0.2, 0.25) is 0 Å². The largest absolute Gasteiger partial charge is 0.390 e. The number of methoxy groups -OCH3 is 1. The van der Waals surface area contributed by atoms with Gasteiger partial charge in [-0.3, -0.25) is 9.11 Å². The molecule has 312 valence electrons. The third kappa shape index (κ3) is 11.1. The summed E-state index contributed by atoms with van der Waals surface area (Å²) in [6, 6.07) is 0. The Balaban J connectivity index is 1.49. The molecule has 0 spiro atoms. The van der Waals surface area contributed by atoms with E-state index in [1.54, 1.807) is 6.92 Å². The van der Waals surface area contributed by atoms with E-state index >= 15 is 0 Å². The minimum Gasteiger partial charge on any atom is -0.390 e. The van der Waals surface area contributed by atoms with Gasteiger partial charge in [0.2, 0.25) is 0 Å². The van der Waals surface area contributed by atoms with Crippen molar-refractivity contribution in [3.63, 3.8) is 0 Å². The number of aliphatic hydroxyl groups excluding tert-OH is 7. The van der Waals surface area contributed by atoms with Crippen LogP contribution in [0.4, 0.5) is 0 Å². The average Bonchev–Trinajstić information content (AvgIpc) is 3.10. The molecule has 4 rings (SSSR count). The van der Waals surface area contributed by atoms with Crippen LogP contribution in [0, 0.1) is 17.8 Å². The first-order valence-electron chi connectivity index (χ1n) is 16.6. The first-order chi connectivity index (χ1) is 25.0. The van der Waals surface area contributed by atoms with Crippen LogP contribution in [0.25, 0.3) is 0 Å². The van der Waals surface area contributed by atoms with Crippen molar-refractivity contribution in [3.05, 3.63) is 0 Å². The molecule has 4 heterocycles. The fraction of sp³-hybridized carbons (Fsp3) is 1.00. The molecule has 0 radical (unpaired) electrons. The van der Waals surface area contributed by atoms with E-state index < -0.39 is 158 Å². The molecule has 22 atom stereocenters. The molecule has 4 aliphatic heterocycles. The molecule has 0 saturated carbocycles. The monoisotopic (exact) mass is 818 g/mol. The van der Waals surface area contributed by atoms with E-state index in [1.807, 2.05) is 0 Å². The maximum absolute atomic E-state index is 11.4. The number of hydrogen-bond acceptors (Lipinski definition) is 21. The fourth-order valence-electron chi connectivity index (χ4n) is 6.63. The molecular weight excluding hydrogens is 768 g/mol. The number of aliphatic hydroxyl groups is 7. The Hall–Kier alpha value is -0.540.